The number of hydrogen-bond donors (Lipinski definition) is 1. The molecule has 1 amide bonds. The second-order valence-electron chi connectivity index (χ2n) is 8.61. The first-order valence-corrected chi connectivity index (χ1v) is 9.97. The summed E-state index contributed by atoms with van der Waals surface area (Å²) in [6, 6.07) is 3.32. The minimum absolute atomic E-state index is 0.0459. The van der Waals surface area contributed by atoms with Crippen molar-refractivity contribution in [2.24, 2.45) is 5.41 Å². The van der Waals surface area contributed by atoms with Crippen LogP contribution in [0.25, 0.3) is 5.57 Å². The number of fused-ring (bicyclic) bond motifs is 1. The molecule has 1 atom stereocenters. The highest BCUT2D eigenvalue weighted by Crippen LogP contribution is 2.37. The zero-order valence-electron chi connectivity index (χ0n) is 16.5. The van der Waals surface area contributed by atoms with Gasteiger partial charge in [-0.15, -0.1) is 0 Å². The smallest absolute Gasteiger partial charge is 0.267 e. The topological polar surface area (TPSA) is 81.8 Å². The first-order chi connectivity index (χ1) is 13.4. The van der Waals surface area contributed by atoms with Gasteiger partial charge in [-0.2, -0.15) is 5.10 Å². The number of carbonyl (C=O) groups is 1. The second-order valence-corrected chi connectivity index (χ2v) is 8.61. The molecule has 7 heteroatoms. The molecule has 2 aliphatic rings. The van der Waals surface area contributed by atoms with E-state index in [4.69, 9.17) is 0 Å². The molecule has 0 aromatic carbocycles. The highest BCUT2D eigenvalue weighted by molar-refractivity contribution is 5.76. The molecular weight excluding hydrogens is 354 g/mol. The number of nitrogens with zero attached hydrogens (tertiary/aromatic N) is 4. The van der Waals surface area contributed by atoms with Crippen LogP contribution >= 0.6 is 0 Å². The van der Waals surface area contributed by atoms with Gasteiger partial charge in [0.25, 0.3) is 5.56 Å². The first-order valence-electron chi connectivity index (χ1n) is 9.97. The predicted molar refractivity (Wildman–Crippen MR) is 107 cm³/mol. The van der Waals surface area contributed by atoms with Gasteiger partial charge in [-0.25, -0.2) is 9.67 Å². The highest BCUT2D eigenvalue weighted by Gasteiger charge is 2.23. The van der Waals surface area contributed by atoms with Crippen LogP contribution in [0.1, 0.15) is 51.0 Å². The fraction of sp³-hybridized carbons (Fsp3) is 0.524. The van der Waals surface area contributed by atoms with E-state index in [-0.39, 0.29) is 24.1 Å². The molecule has 28 heavy (non-hydrogen) atoms. The Labute approximate surface area is 164 Å². The molecule has 0 fully saturated rings. The number of aromatic nitrogens is 4. The summed E-state index contributed by atoms with van der Waals surface area (Å²) in [5, 5.41) is 7.49. The monoisotopic (exact) mass is 381 g/mol. The number of aryl methyl sites for hydroxylation is 1. The predicted octanol–water partition coefficient (Wildman–Crippen LogP) is 2.16. The van der Waals surface area contributed by atoms with Gasteiger partial charge >= 0.3 is 0 Å². The number of hydrogen-bond acceptors (Lipinski definition) is 4. The van der Waals surface area contributed by atoms with Gasteiger partial charge in [0, 0.05) is 37.5 Å². The lowest BCUT2D eigenvalue weighted by molar-refractivity contribution is -0.122. The van der Waals surface area contributed by atoms with Gasteiger partial charge in [0.2, 0.25) is 5.91 Å². The molecule has 4 rings (SSSR count). The van der Waals surface area contributed by atoms with E-state index in [2.05, 4.69) is 39.9 Å². The molecular formula is C21H27N5O2. The average molecular weight is 381 g/mol. The van der Waals surface area contributed by atoms with Crippen LogP contribution in [-0.4, -0.2) is 31.3 Å². The van der Waals surface area contributed by atoms with Crippen molar-refractivity contribution >= 4 is 11.5 Å². The molecule has 0 spiro atoms. The number of amides is 1. The van der Waals surface area contributed by atoms with Gasteiger partial charge in [-0.1, -0.05) is 19.9 Å². The number of allylic oxidation sites excluding steroid dienone is 2. The lowest BCUT2D eigenvalue weighted by Gasteiger charge is -2.28. The molecule has 0 saturated heterocycles. The van der Waals surface area contributed by atoms with E-state index in [0.29, 0.717) is 11.8 Å². The summed E-state index contributed by atoms with van der Waals surface area (Å²) < 4.78 is 3.38. The Hall–Kier alpha value is -2.70. The van der Waals surface area contributed by atoms with Gasteiger partial charge in [0.1, 0.15) is 12.4 Å². The van der Waals surface area contributed by atoms with E-state index in [0.717, 1.165) is 49.3 Å². The van der Waals surface area contributed by atoms with Gasteiger partial charge in [0.05, 0.1) is 5.69 Å². The minimum atomic E-state index is -0.255. The third-order valence-electron chi connectivity index (χ3n) is 5.78. The Morgan fingerprint density at radius 2 is 2.21 bits per heavy atom. The maximum Gasteiger partial charge on any atom is 0.267 e. The molecule has 2 aromatic rings. The van der Waals surface area contributed by atoms with Crippen LogP contribution < -0.4 is 10.9 Å². The first kappa shape index (κ1) is 18.7. The van der Waals surface area contributed by atoms with Crippen molar-refractivity contribution in [1.29, 1.82) is 0 Å². The zero-order valence-corrected chi connectivity index (χ0v) is 16.5. The second kappa shape index (κ2) is 7.37. The molecule has 7 nitrogen and oxygen atoms in total. The summed E-state index contributed by atoms with van der Waals surface area (Å²) in [6.45, 7) is 5.31. The summed E-state index contributed by atoms with van der Waals surface area (Å²) >= 11 is 0. The molecule has 1 aliphatic carbocycles. The largest absolute Gasteiger partial charge is 0.351 e. The van der Waals surface area contributed by atoms with Gasteiger partial charge in [0.15, 0.2) is 0 Å². The van der Waals surface area contributed by atoms with Crippen molar-refractivity contribution in [1.82, 2.24) is 24.6 Å². The Morgan fingerprint density at radius 3 is 3.00 bits per heavy atom. The van der Waals surface area contributed by atoms with Crippen molar-refractivity contribution in [2.75, 3.05) is 0 Å². The van der Waals surface area contributed by atoms with E-state index in [1.165, 1.54) is 10.7 Å². The summed E-state index contributed by atoms with van der Waals surface area (Å²) in [5.74, 6) is 0.802. The Morgan fingerprint density at radius 1 is 1.36 bits per heavy atom. The molecule has 0 saturated carbocycles. The van der Waals surface area contributed by atoms with Gasteiger partial charge in [-0.3, -0.25) is 9.59 Å². The SMILES string of the molecule is CC1(C)CC=C(c2ccc(=O)n(CC(=O)NC3CCn4ccnc4C3)n2)CC1. The fourth-order valence-corrected chi connectivity index (χ4v) is 3.93. The van der Waals surface area contributed by atoms with Gasteiger partial charge in [-0.05, 0) is 42.7 Å². The third-order valence-corrected chi connectivity index (χ3v) is 5.78. The average Bonchev–Trinajstić information content (AvgIpc) is 3.11. The molecule has 1 N–H and O–H groups in total. The minimum Gasteiger partial charge on any atom is -0.351 e. The van der Waals surface area contributed by atoms with Crippen LogP contribution in [0.2, 0.25) is 0 Å². The van der Waals surface area contributed by atoms with Crippen LogP contribution in [-0.2, 0) is 24.3 Å². The molecule has 3 heterocycles. The van der Waals surface area contributed by atoms with Crippen LogP contribution in [0.4, 0.5) is 0 Å². The van der Waals surface area contributed by atoms with Crippen LogP contribution in [0.15, 0.2) is 35.4 Å². The molecule has 148 valence electrons. The van der Waals surface area contributed by atoms with E-state index in [1.807, 2.05) is 6.20 Å². The zero-order chi connectivity index (χ0) is 19.7. The van der Waals surface area contributed by atoms with Crippen molar-refractivity contribution in [2.45, 2.75) is 65.1 Å². The molecule has 1 unspecified atom stereocenters. The van der Waals surface area contributed by atoms with Crippen LogP contribution in [0.5, 0.6) is 0 Å². The van der Waals surface area contributed by atoms with Crippen molar-refractivity contribution in [3.05, 3.63) is 52.5 Å². The number of nitrogens with one attached hydrogen (secondary N) is 1. The fourth-order valence-electron chi connectivity index (χ4n) is 3.93. The molecule has 0 radical (unpaired) electrons. The Balaban J connectivity index is 1.42. The van der Waals surface area contributed by atoms with Crippen LogP contribution in [0.3, 0.4) is 0 Å². The summed E-state index contributed by atoms with van der Waals surface area (Å²) in [4.78, 5) is 29.0. The van der Waals surface area contributed by atoms with E-state index in [9.17, 15) is 9.59 Å². The lowest BCUT2D eigenvalue weighted by Crippen LogP contribution is -2.43. The van der Waals surface area contributed by atoms with Gasteiger partial charge < -0.3 is 9.88 Å². The maximum atomic E-state index is 12.5. The quantitative estimate of drug-likeness (QED) is 0.880. The third kappa shape index (κ3) is 4.08. The molecule has 1 aliphatic heterocycles. The number of carbonyl (C=O) groups excluding carboxylic acids is 1. The maximum absolute atomic E-state index is 12.5. The highest BCUT2D eigenvalue weighted by atomic mass is 16.2. The van der Waals surface area contributed by atoms with Crippen molar-refractivity contribution < 1.29 is 4.79 Å². The van der Waals surface area contributed by atoms with E-state index in [1.54, 1.807) is 12.3 Å². The van der Waals surface area contributed by atoms with E-state index >= 15 is 0 Å². The van der Waals surface area contributed by atoms with Crippen molar-refractivity contribution in [3.63, 3.8) is 0 Å². The Kier molecular flexibility index (Phi) is 4.91. The molecule has 2 aromatic heterocycles. The normalized spacial score (nSPS) is 20.9. The summed E-state index contributed by atoms with van der Waals surface area (Å²) in [7, 11) is 0. The lowest BCUT2D eigenvalue weighted by atomic mass is 9.78. The number of imidazole rings is 1. The standard InChI is InChI=1S/C21H27N5O2/c1-21(2)8-5-15(6-9-21)17-3-4-20(28)26(24-17)14-19(27)23-16-7-11-25-12-10-22-18(25)13-16/h3-5,10,12,16H,6-9,11,13-14H2,1-2H3,(H,23,27). The molecule has 0 bridgehead atoms. The van der Waals surface area contributed by atoms with E-state index < -0.39 is 0 Å². The summed E-state index contributed by atoms with van der Waals surface area (Å²) in [6.07, 6.45) is 10.6. The Bertz CT molecular complexity index is 969. The van der Waals surface area contributed by atoms with Crippen LogP contribution in [0, 0.1) is 5.41 Å². The number of rotatable bonds is 4. The van der Waals surface area contributed by atoms with Crippen molar-refractivity contribution in [3.8, 4) is 0 Å². The summed E-state index contributed by atoms with van der Waals surface area (Å²) in [5.41, 5.74) is 2.01.